The smallest absolute Gasteiger partial charge is 0.337 e. The van der Waals surface area contributed by atoms with Crippen LogP contribution in [0.25, 0.3) is 0 Å². The Labute approximate surface area is 138 Å². The summed E-state index contributed by atoms with van der Waals surface area (Å²) in [5.74, 6) is -2.68. The van der Waals surface area contributed by atoms with Gasteiger partial charge in [0.2, 0.25) is 10.0 Å². The van der Waals surface area contributed by atoms with Crippen LogP contribution in [0.1, 0.15) is 33.6 Å². The first-order chi connectivity index (χ1) is 11.2. The van der Waals surface area contributed by atoms with Crippen LogP contribution in [0.5, 0.6) is 0 Å². The van der Waals surface area contributed by atoms with Crippen molar-refractivity contribution in [1.82, 2.24) is 4.72 Å². The quantitative estimate of drug-likeness (QED) is 0.503. The topological polar surface area (TPSA) is 136 Å². The minimum Gasteiger partial charge on any atom is -0.481 e. The first kappa shape index (κ1) is 19.6. The number of carbonyl (C=O) groups excluding carboxylic acids is 2. The number of esters is 2. The molecule has 10 heteroatoms. The lowest BCUT2D eigenvalue weighted by Gasteiger charge is -2.10. The molecule has 0 saturated carbocycles. The fourth-order valence-electron chi connectivity index (χ4n) is 1.76. The lowest BCUT2D eigenvalue weighted by molar-refractivity contribution is -0.137. The maximum absolute atomic E-state index is 12.2. The number of rotatable bonds is 8. The van der Waals surface area contributed by atoms with Crippen LogP contribution in [-0.4, -0.2) is 52.2 Å². The number of carboxylic acids is 1. The fourth-order valence-corrected chi connectivity index (χ4v) is 2.90. The van der Waals surface area contributed by atoms with Gasteiger partial charge in [-0.1, -0.05) is 0 Å². The van der Waals surface area contributed by atoms with Crippen molar-refractivity contribution in [3.63, 3.8) is 0 Å². The van der Waals surface area contributed by atoms with E-state index in [0.717, 1.165) is 32.4 Å². The van der Waals surface area contributed by atoms with Crippen LogP contribution in [0.15, 0.2) is 23.1 Å². The van der Waals surface area contributed by atoms with Gasteiger partial charge in [-0.05, 0) is 24.6 Å². The van der Waals surface area contributed by atoms with Gasteiger partial charge in [-0.25, -0.2) is 22.7 Å². The molecule has 1 aromatic rings. The summed E-state index contributed by atoms with van der Waals surface area (Å²) in [6.07, 6.45) is -0.104. The lowest BCUT2D eigenvalue weighted by Crippen LogP contribution is -2.26. The molecule has 1 aromatic carbocycles. The Balaban J connectivity index is 3.13. The summed E-state index contributed by atoms with van der Waals surface area (Å²) in [6, 6.07) is 3.26. The maximum atomic E-state index is 12.2. The molecule has 9 nitrogen and oxygen atoms in total. The van der Waals surface area contributed by atoms with Gasteiger partial charge in [-0.15, -0.1) is 0 Å². The average Bonchev–Trinajstić information content (AvgIpc) is 2.56. The van der Waals surface area contributed by atoms with Crippen molar-refractivity contribution in [1.29, 1.82) is 0 Å². The normalized spacial score (nSPS) is 10.9. The standard InChI is InChI=1S/C14H17NO8S/c1-22-13(18)9-6-10(14(19)23-2)8-11(7-9)24(20,21)15-5-3-4-12(16)17/h6-8,15H,3-5H2,1-2H3,(H,16,17). The van der Waals surface area contributed by atoms with E-state index in [-0.39, 0.29) is 35.4 Å². The second kappa shape index (κ2) is 8.41. The van der Waals surface area contributed by atoms with Gasteiger partial charge in [-0.3, -0.25) is 4.79 Å². The molecule has 0 bridgehead atoms. The molecule has 0 heterocycles. The Kier molecular flexibility index (Phi) is 6.86. The molecular formula is C14H17NO8S. The highest BCUT2D eigenvalue weighted by molar-refractivity contribution is 7.89. The molecule has 0 aliphatic rings. The van der Waals surface area contributed by atoms with Crippen LogP contribution in [-0.2, 0) is 24.3 Å². The highest BCUT2D eigenvalue weighted by Gasteiger charge is 2.20. The molecule has 0 atom stereocenters. The molecule has 2 N–H and O–H groups in total. The number of carbonyl (C=O) groups is 3. The summed E-state index contributed by atoms with van der Waals surface area (Å²) in [7, 11) is -1.81. The predicted molar refractivity (Wildman–Crippen MR) is 81.2 cm³/mol. The van der Waals surface area contributed by atoms with E-state index < -0.39 is 27.9 Å². The van der Waals surface area contributed by atoms with Crippen LogP contribution < -0.4 is 4.72 Å². The van der Waals surface area contributed by atoms with E-state index in [9.17, 15) is 22.8 Å². The van der Waals surface area contributed by atoms with E-state index in [2.05, 4.69) is 14.2 Å². The summed E-state index contributed by atoms with van der Waals surface area (Å²) in [5, 5.41) is 8.53. The number of nitrogens with one attached hydrogen (secondary N) is 1. The zero-order valence-corrected chi connectivity index (χ0v) is 13.9. The second-order valence-corrected chi connectivity index (χ2v) is 6.39. The summed E-state index contributed by atoms with van der Waals surface area (Å²) in [4.78, 5) is 33.4. The van der Waals surface area contributed by atoms with E-state index in [1.807, 2.05) is 0 Å². The molecule has 0 aliphatic heterocycles. The van der Waals surface area contributed by atoms with E-state index in [1.165, 1.54) is 0 Å². The molecule has 0 amide bonds. The summed E-state index contributed by atoms with van der Waals surface area (Å²) in [5.41, 5.74) is -0.266. The SMILES string of the molecule is COC(=O)c1cc(C(=O)OC)cc(S(=O)(=O)NCCCC(=O)O)c1. The van der Waals surface area contributed by atoms with Gasteiger partial charge in [0.15, 0.2) is 0 Å². The van der Waals surface area contributed by atoms with E-state index in [0.29, 0.717) is 0 Å². The Hall–Kier alpha value is -2.46. The number of carboxylic acid groups (broad SMARTS) is 1. The van der Waals surface area contributed by atoms with Crippen molar-refractivity contribution in [2.75, 3.05) is 20.8 Å². The Bertz CT molecular complexity index is 707. The molecule has 24 heavy (non-hydrogen) atoms. The first-order valence-corrected chi connectivity index (χ1v) is 8.22. The molecule has 0 aliphatic carbocycles. The largest absolute Gasteiger partial charge is 0.481 e. The van der Waals surface area contributed by atoms with Crippen LogP contribution >= 0.6 is 0 Å². The molecule has 0 fully saturated rings. The van der Waals surface area contributed by atoms with Gasteiger partial charge in [0, 0.05) is 13.0 Å². The van der Waals surface area contributed by atoms with Crippen molar-refractivity contribution in [2.24, 2.45) is 0 Å². The number of hydrogen-bond donors (Lipinski definition) is 2. The van der Waals surface area contributed by atoms with E-state index in [1.54, 1.807) is 0 Å². The number of hydrogen-bond acceptors (Lipinski definition) is 7. The number of methoxy groups -OCH3 is 2. The van der Waals surface area contributed by atoms with Crippen molar-refractivity contribution in [3.05, 3.63) is 29.3 Å². The predicted octanol–water partition coefficient (Wildman–Crippen LogP) is 0.403. The first-order valence-electron chi connectivity index (χ1n) is 6.74. The van der Waals surface area contributed by atoms with E-state index >= 15 is 0 Å². The second-order valence-electron chi connectivity index (χ2n) is 4.62. The average molecular weight is 359 g/mol. The van der Waals surface area contributed by atoms with Crippen molar-refractivity contribution in [2.45, 2.75) is 17.7 Å². The number of sulfonamides is 1. The molecule has 0 spiro atoms. The fraction of sp³-hybridized carbons (Fsp3) is 0.357. The zero-order chi connectivity index (χ0) is 18.3. The summed E-state index contributed by atoms with van der Waals surface area (Å²) < 4.78 is 35.7. The Morgan fingerprint density at radius 1 is 1.04 bits per heavy atom. The Morgan fingerprint density at radius 2 is 1.54 bits per heavy atom. The van der Waals surface area contributed by atoms with Crippen molar-refractivity contribution in [3.8, 4) is 0 Å². The third kappa shape index (κ3) is 5.32. The summed E-state index contributed by atoms with van der Waals surface area (Å²) >= 11 is 0. The third-order valence-electron chi connectivity index (χ3n) is 2.92. The minimum atomic E-state index is -4.05. The van der Waals surface area contributed by atoms with Gasteiger partial charge in [0.25, 0.3) is 0 Å². The van der Waals surface area contributed by atoms with Crippen LogP contribution in [0, 0.1) is 0 Å². The van der Waals surface area contributed by atoms with Gasteiger partial charge in [0.05, 0.1) is 30.2 Å². The monoisotopic (exact) mass is 359 g/mol. The lowest BCUT2D eigenvalue weighted by atomic mass is 10.1. The van der Waals surface area contributed by atoms with Gasteiger partial charge >= 0.3 is 17.9 Å². The van der Waals surface area contributed by atoms with Crippen molar-refractivity contribution < 1.29 is 37.4 Å². The summed E-state index contributed by atoms with van der Waals surface area (Å²) in [6.45, 7) is -0.107. The van der Waals surface area contributed by atoms with Gasteiger partial charge in [0.1, 0.15) is 0 Å². The minimum absolute atomic E-state index is 0.0924. The van der Waals surface area contributed by atoms with Crippen LogP contribution in [0.4, 0.5) is 0 Å². The molecule has 0 saturated heterocycles. The van der Waals surface area contributed by atoms with Gasteiger partial charge in [-0.2, -0.15) is 0 Å². The Morgan fingerprint density at radius 3 is 1.96 bits per heavy atom. The molecule has 1 rings (SSSR count). The molecule has 0 aromatic heterocycles. The highest BCUT2D eigenvalue weighted by Crippen LogP contribution is 2.17. The van der Waals surface area contributed by atoms with Gasteiger partial charge < -0.3 is 14.6 Å². The van der Waals surface area contributed by atoms with E-state index in [4.69, 9.17) is 5.11 Å². The molecule has 0 radical (unpaired) electrons. The molecule has 132 valence electrons. The number of aliphatic carboxylic acids is 1. The van der Waals surface area contributed by atoms with Crippen molar-refractivity contribution >= 4 is 27.9 Å². The molecule has 0 unspecified atom stereocenters. The highest BCUT2D eigenvalue weighted by atomic mass is 32.2. The van der Waals surface area contributed by atoms with Crippen LogP contribution in [0.3, 0.4) is 0 Å². The zero-order valence-electron chi connectivity index (χ0n) is 13.1. The maximum Gasteiger partial charge on any atom is 0.337 e. The van der Waals surface area contributed by atoms with Crippen LogP contribution in [0.2, 0.25) is 0 Å². The third-order valence-corrected chi connectivity index (χ3v) is 4.36. The molecular weight excluding hydrogens is 342 g/mol. The number of ether oxygens (including phenoxy) is 2. The number of benzene rings is 1.